The first-order chi connectivity index (χ1) is 11.9. The molecule has 0 saturated carbocycles. The molecule has 1 aliphatic rings. The molecule has 2 rings (SSSR count). The zero-order valence-corrected chi connectivity index (χ0v) is 14.6. The van der Waals surface area contributed by atoms with Crippen LogP contribution in [-0.4, -0.2) is 59.4 Å². The van der Waals surface area contributed by atoms with Gasteiger partial charge in [0.2, 0.25) is 0 Å². The van der Waals surface area contributed by atoms with E-state index in [-0.39, 0.29) is 17.6 Å². The van der Waals surface area contributed by atoms with Crippen molar-refractivity contribution in [3.63, 3.8) is 0 Å². The van der Waals surface area contributed by atoms with E-state index in [2.05, 4.69) is 5.32 Å². The summed E-state index contributed by atoms with van der Waals surface area (Å²) in [6.07, 6.45) is 0.702. The maximum Gasteiger partial charge on any atom is 0.317 e. The molecule has 25 heavy (non-hydrogen) atoms. The third-order valence-electron chi connectivity index (χ3n) is 4.06. The summed E-state index contributed by atoms with van der Waals surface area (Å²) < 4.78 is 0. The van der Waals surface area contributed by atoms with Gasteiger partial charge >= 0.3 is 6.03 Å². The fraction of sp³-hybridized carbons (Fsp3) is 0.529. The molecule has 0 bridgehead atoms. The van der Waals surface area contributed by atoms with Crippen LogP contribution in [-0.2, 0) is 0 Å². The molecule has 1 heterocycles. The number of nitrogens with zero attached hydrogens (tertiary/aromatic N) is 3. The number of rotatable bonds is 4. The number of non-ortho nitro benzene ring substituents is 1. The zero-order valence-electron chi connectivity index (χ0n) is 14.6. The van der Waals surface area contributed by atoms with Crippen molar-refractivity contribution in [2.45, 2.75) is 20.3 Å². The first-order valence-corrected chi connectivity index (χ1v) is 8.45. The minimum Gasteiger partial charge on any atom is -0.338 e. The second-order valence-electron chi connectivity index (χ2n) is 6.52. The number of carbonyl (C=O) groups is 2. The van der Waals surface area contributed by atoms with Crippen molar-refractivity contribution in [2.75, 3.05) is 32.7 Å². The fourth-order valence-electron chi connectivity index (χ4n) is 2.64. The average molecular weight is 348 g/mol. The monoisotopic (exact) mass is 348 g/mol. The summed E-state index contributed by atoms with van der Waals surface area (Å²) in [5.41, 5.74) is 0.378. The number of hydrogen-bond donors (Lipinski definition) is 1. The van der Waals surface area contributed by atoms with Crippen LogP contribution in [0, 0.1) is 16.0 Å². The van der Waals surface area contributed by atoms with E-state index in [1.54, 1.807) is 9.80 Å². The van der Waals surface area contributed by atoms with Gasteiger partial charge in [-0.05, 0) is 24.5 Å². The summed E-state index contributed by atoms with van der Waals surface area (Å²) in [6, 6.07) is 5.50. The Bertz CT molecular complexity index is 630. The fourth-order valence-corrected chi connectivity index (χ4v) is 2.64. The normalized spacial score (nSPS) is 15.0. The van der Waals surface area contributed by atoms with E-state index in [1.165, 1.54) is 24.3 Å². The van der Waals surface area contributed by atoms with Crippen molar-refractivity contribution in [1.82, 2.24) is 15.1 Å². The van der Waals surface area contributed by atoms with Crippen LogP contribution in [0.3, 0.4) is 0 Å². The minimum atomic E-state index is -0.492. The quantitative estimate of drug-likeness (QED) is 0.666. The molecule has 136 valence electrons. The zero-order chi connectivity index (χ0) is 18.4. The van der Waals surface area contributed by atoms with Crippen LogP contribution >= 0.6 is 0 Å². The second-order valence-corrected chi connectivity index (χ2v) is 6.52. The number of nitro benzene ring substituents is 1. The Morgan fingerprint density at radius 2 is 1.72 bits per heavy atom. The Morgan fingerprint density at radius 3 is 2.32 bits per heavy atom. The van der Waals surface area contributed by atoms with E-state index < -0.39 is 4.92 Å². The van der Waals surface area contributed by atoms with Crippen molar-refractivity contribution in [3.8, 4) is 0 Å². The summed E-state index contributed by atoms with van der Waals surface area (Å²) in [5.74, 6) is 0.218. The molecule has 0 atom stereocenters. The smallest absolute Gasteiger partial charge is 0.317 e. The standard InChI is InChI=1S/C17H24N4O4/c1-13(2)12-18-17(23)20-9-3-8-19(10-11-20)16(22)14-4-6-15(7-5-14)21(24)25/h4-7,13H,3,8-12H2,1-2H3,(H,18,23). The summed E-state index contributed by atoms with van der Waals surface area (Å²) in [6.45, 7) is 6.78. The first kappa shape index (κ1) is 18.7. The molecule has 1 aliphatic heterocycles. The van der Waals surface area contributed by atoms with Gasteiger partial charge in [-0.3, -0.25) is 14.9 Å². The first-order valence-electron chi connectivity index (χ1n) is 8.45. The van der Waals surface area contributed by atoms with Gasteiger partial charge in [0.15, 0.2) is 0 Å². The SMILES string of the molecule is CC(C)CNC(=O)N1CCCN(C(=O)c2ccc([N+](=O)[O-])cc2)CC1. The molecular formula is C17H24N4O4. The van der Waals surface area contributed by atoms with Crippen LogP contribution in [0.15, 0.2) is 24.3 Å². The number of nitro groups is 1. The molecule has 3 amide bonds. The summed E-state index contributed by atoms with van der Waals surface area (Å²) in [4.78, 5) is 38.3. The second kappa shape index (κ2) is 8.46. The number of hydrogen-bond acceptors (Lipinski definition) is 4. The largest absolute Gasteiger partial charge is 0.338 e. The highest BCUT2D eigenvalue weighted by Gasteiger charge is 2.23. The third-order valence-corrected chi connectivity index (χ3v) is 4.06. The summed E-state index contributed by atoms with van der Waals surface area (Å²) in [7, 11) is 0. The van der Waals surface area contributed by atoms with Crippen LogP contribution < -0.4 is 5.32 Å². The Balaban J connectivity index is 1.94. The number of urea groups is 1. The van der Waals surface area contributed by atoms with Crippen molar-refractivity contribution in [3.05, 3.63) is 39.9 Å². The van der Waals surface area contributed by atoms with Gasteiger partial charge in [-0.25, -0.2) is 4.79 Å². The molecule has 0 aliphatic carbocycles. The molecule has 0 unspecified atom stereocenters. The van der Waals surface area contributed by atoms with Gasteiger partial charge in [-0.2, -0.15) is 0 Å². The average Bonchev–Trinajstić information content (AvgIpc) is 2.85. The van der Waals surface area contributed by atoms with Crippen molar-refractivity contribution < 1.29 is 14.5 Å². The highest BCUT2D eigenvalue weighted by molar-refractivity contribution is 5.94. The molecule has 1 aromatic carbocycles. The third kappa shape index (κ3) is 5.17. The molecule has 1 N–H and O–H groups in total. The van der Waals surface area contributed by atoms with E-state index >= 15 is 0 Å². The van der Waals surface area contributed by atoms with E-state index in [1.807, 2.05) is 13.8 Å². The van der Waals surface area contributed by atoms with Crippen LogP contribution in [0.4, 0.5) is 10.5 Å². The van der Waals surface area contributed by atoms with Gasteiger partial charge in [0, 0.05) is 50.4 Å². The molecule has 8 nitrogen and oxygen atoms in total. The molecular weight excluding hydrogens is 324 g/mol. The van der Waals surface area contributed by atoms with Crippen LogP contribution in [0.5, 0.6) is 0 Å². The van der Waals surface area contributed by atoms with Gasteiger partial charge in [-0.1, -0.05) is 13.8 Å². The van der Waals surface area contributed by atoms with Gasteiger partial charge in [0.1, 0.15) is 0 Å². The maximum absolute atomic E-state index is 12.6. The highest BCUT2D eigenvalue weighted by atomic mass is 16.6. The predicted octanol–water partition coefficient (Wildman–Crippen LogP) is 2.11. The van der Waals surface area contributed by atoms with Crippen molar-refractivity contribution in [2.24, 2.45) is 5.92 Å². The van der Waals surface area contributed by atoms with E-state index in [9.17, 15) is 19.7 Å². The molecule has 8 heteroatoms. The Hall–Kier alpha value is -2.64. The predicted molar refractivity (Wildman–Crippen MR) is 93.4 cm³/mol. The molecule has 1 saturated heterocycles. The topological polar surface area (TPSA) is 95.8 Å². The summed E-state index contributed by atoms with van der Waals surface area (Å²) >= 11 is 0. The minimum absolute atomic E-state index is 0.0413. The van der Waals surface area contributed by atoms with Crippen molar-refractivity contribution in [1.29, 1.82) is 0 Å². The van der Waals surface area contributed by atoms with Gasteiger partial charge in [-0.15, -0.1) is 0 Å². The lowest BCUT2D eigenvalue weighted by atomic mass is 10.2. The Morgan fingerprint density at radius 1 is 1.12 bits per heavy atom. The van der Waals surface area contributed by atoms with E-state index in [0.717, 1.165) is 0 Å². The van der Waals surface area contributed by atoms with Crippen LogP contribution in [0.1, 0.15) is 30.6 Å². The lowest BCUT2D eigenvalue weighted by Gasteiger charge is -2.23. The van der Waals surface area contributed by atoms with E-state index in [0.29, 0.717) is 50.6 Å². The number of benzene rings is 1. The molecule has 1 aromatic rings. The molecule has 0 radical (unpaired) electrons. The van der Waals surface area contributed by atoms with Gasteiger partial charge < -0.3 is 15.1 Å². The van der Waals surface area contributed by atoms with Crippen LogP contribution in [0.25, 0.3) is 0 Å². The summed E-state index contributed by atoms with van der Waals surface area (Å²) in [5, 5.41) is 13.6. The van der Waals surface area contributed by atoms with Crippen molar-refractivity contribution >= 4 is 17.6 Å². The number of carbonyl (C=O) groups excluding carboxylic acids is 2. The van der Waals surface area contributed by atoms with Gasteiger partial charge in [0.05, 0.1) is 4.92 Å². The Labute approximate surface area is 146 Å². The number of nitrogens with one attached hydrogen (secondary N) is 1. The lowest BCUT2D eigenvalue weighted by Crippen LogP contribution is -2.43. The van der Waals surface area contributed by atoms with E-state index in [4.69, 9.17) is 0 Å². The Kier molecular flexibility index (Phi) is 6.32. The molecule has 1 fully saturated rings. The lowest BCUT2D eigenvalue weighted by molar-refractivity contribution is -0.384. The molecule has 0 spiro atoms. The van der Waals surface area contributed by atoms with Gasteiger partial charge in [0.25, 0.3) is 11.6 Å². The number of amides is 3. The molecule has 0 aromatic heterocycles. The maximum atomic E-state index is 12.6. The highest BCUT2D eigenvalue weighted by Crippen LogP contribution is 2.15. The van der Waals surface area contributed by atoms with Crippen LogP contribution in [0.2, 0.25) is 0 Å².